The Labute approximate surface area is 245 Å². The topological polar surface area (TPSA) is 150 Å². The number of amides is 1. The lowest BCUT2D eigenvalue weighted by molar-refractivity contribution is -0.115. The maximum atomic E-state index is 12.6. The maximum Gasteiger partial charge on any atom is 0.228 e. The van der Waals surface area contributed by atoms with Gasteiger partial charge in [0, 0.05) is 17.4 Å². The van der Waals surface area contributed by atoms with Gasteiger partial charge >= 0.3 is 0 Å². The summed E-state index contributed by atoms with van der Waals surface area (Å²) >= 11 is 1.35. The molecule has 42 heavy (non-hydrogen) atoms. The van der Waals surface area contributed by atoms with Crippen LogP contribution in [0.5, 0.6) is 0 Å². The van der Waals surface area contributed by atoms with Gasteiger partial charge in [-0.3, -0.25) is 20.0 Å². The third-order valence-corrected chi connectivity index (χ3v) is 7.83. The summed E-state index contributed by atoms with van der Waals surface area (Å²) in [4.78, 5) is 42.9. The monoisotopic (exact) mass is 571 g/mol. The van der Waals surface area contributed by atoms with Crippen molar-refractivity contribution in [3.05, 3.63) is 113 Å². The van der Waals surface area contributed by atoms with E-state index in [2.05, 4.69) is 20.3 Å². The number of fused-ring (bicyclic) bond motifs is 1. The van der Waals surface area contributed by atoms with Crippen molar-refractivity contribution in [1.82, 2.24) is 19.9 Å². The van der Waals surface area contributed by atoms with Crippen LogP contribution in [0, 0.1) is 5.41 Å². The summed E-state index contributed by atoms with van der Waals surface area (Å²) in [7, 11) is 0. The van der Waals surface area contributed by atoms with Crippen LogP contribution in [-0.4, -0.2) is 37.3 Å². The predicted octanol–water partition coefficient (Wildman–Crippen LogP) is 6.13. The lowest BCUT2D eigenvalue weighted by Crippen LogP contribution is -2.14. The van der Waals surface area contributed by atoms with E-state index in [-0.39, 0.29) is 29.5 Å². The highest BCUT2D eigenvalue weighted by molar-refractivity contribution is 7.17. The van der Waals surface area contributed by atoms with E-state index in [1.54, 1.807) is 30.5 Å². The number of pyridine rings is 2. The van der Waals surface area contributed by atoms with Crippen LogP contribution < -0.4 is 11.1 Å². The van der Waals surface area contributed by atoms with Crippen LogP contribution in [0.4, 0.5) is 11.4 Å². The first-order valence-electron chi connectivity index (χ1n) is 13.1. The molecular formula is C32H25N7O2S. The number of ketones is 1. The van der Waals surface area contributed by atoms with Gasteiger partial charge in [-0.2, -0.15) is 0 Å². The van der Waals surface area contributed by atoms with E-state index < -0.39 is 0 Å². The number of benzene rings is 2. The van der Waals surface area contributed by atoms with E-state index in [0.717, 1.165) is 16.0 Å². The van der Waals surface area contributed by atoms with Gasteiger partial charge in [0.2, 0.25) is 5.91 Å². The molecule has 2 aromatic carbocycles. The molecule has 6 rings (SSSR count). The van der Waals surface area contributed by atoms with E-state index in [9.17, 15) is 9.59 Å². The Morgan fingerprint density at radius 1 is 0.976 bits per heavy atom. The number of anilines is 2. The molecule has 0 unspecified atom stereocenters. The van der Waals surface area contributed by atoms with Crippen molar-refractivity contribution in [3.8, 4) is 21.8 Å². The molecule has 0 aliphatic rings. The zero-order valence-corrected chi connectivity index (χ0v) is 23.3. The Balaban J connectivity index is 1.27. The summed E-state index contributed by atoms with van der Waals surface area (Å²) < 4.78 is 0. The third kappa shape index (κ3) is 5.43. The first-order valence-corrected chi connectivity index (χ1v) is 13.9. The number of nitrogens with two attached hydrogens (primary N) is 1. The molecule has 9 nitrogen and oxygen atoms in total. The van der Waals surface area contributed by atoms with E-state index in [4.69, 9.17) is 16.1 Å². The highest BCUT2D eigenvalue weighted by atomic mass is 32.1. The molecule has 4 heterocycles. The maximum absolute atomic E-state index is 12.6. The van der Waals surface area contributed by atoms with Crippen molar-refractivity contribution in [2.45, 2.75) is 13.3 Å². The van der Waals surface area contributed by atoms with Crippen molar-refractivity contribution in [2.75, 3.05) is 11.1 Å². The van der Waals surface area contributed by atoms with Gasteiger partial charge in [0.25, 0.3) is 0 Å². The molecule has 0 saturated carbocycles. The lowest BCUT2D eigenvalue weighted by atomic mass is 10.1. The largest absolute Gasteiger partial charge is 0.397 e. The van der Waals surface area contributed by atoms with Gasteiger partial charge in [-0.1, -0.05) is 42.5 Å². The molecule has 0 atom stereocenters. The summed E-state index contributed by atoms with van der Waals surface area (Å²) in [6.07, 6.45) is 1.93. The molecule has 4 aromatic heterocycles. The number of Topliss-reactive ketones (excluding diaryl/α,β-unsaturated/α-hetero) is 1. The van der Waals surface area contributed by atoms with Crippen molar-refractivity contribution >= 4 is 51.1 Å². The lowest BCUT2D eigenvalue weighted by Gasteiger charge is -2.10. The normalized spacial score (nSPS) is 11.0. The zero-order chi connectivity index (χ0) is 29.2. The number of hydrogen-bond donors (Lipinski definition) is 4. The van der Waals surface area contributed by atoms with Crippen molar-refractivity contribution < 1.29 is 9.59 Å². The molecule has 0 radical (unpaired) electrons. The van der Waals surface area contributed by atoms with Gasteiger partial charge in [0.05, 0.1) is 33.1 Å². The van der Waals surface area contributed by atoms with Crippen molar-refractivity contribution in [1.29, 1.82) is 5.41 Å². The average Bonchev–Trinajstić information content (AvgIpc) is 3.66. The van der Waals surface area contributed by atoms with Crippen LogP contribution in [0.25, 0.3) is 32.9 Å². The van der Waals surface area contributed by atoms with Crippen LogP contribution in [0.1, 0.15) is 33.7 Å². The number of thiophene rings is 1. The Kier molecular flexibility index (Phi) is 7.12. The molecule has 5 N–H and O–H groups in total. The van der Waals surface area contributed by atoms with Crippen molar-refractivity contribution in [2.24, 2.45) is 0 Å². The fraction of sp³-hybridized carbons (Fsp3) is 0.0625. The van der Waals surface area contributed by atoms with Crippen LogP contribution in [0.3, 0.4) is 0 Å². The third-order valence-electron chi connectivity index (χ3n) is 6.64. The minimum atomic E-state index is -0.120. The number of carbonyl (C=O) groups excluding carboxylic acids is 2. The second-order valence-corrected chi connectivity index (χ2v) is 10.7. The minimum absolute atomic E-state index is 0.00977. The molecule has 0 aliphatic heterocycles. The number of aromatic amines is 1. The van der Waals surface area contributed by atoms with Crippen LogP contribution in [0.2, 0.25) is 0 Å². The second kappa shape index (κ2) is 11.2. The van der Waals surface area contributed by atoms with E-state index in [1.165, 1.54) is 18.3 Å². The Hall–Kier alpha value is -5.48. The fourth-order valence-electron chi connectivity index (χ4n) is 4.57. The molecule has 0 saturated heterocycles. The van der Waals surface area contributed by atoms with Crippen LogP contribution in [0.15, 0.2) is 91.1 Å². The minimum Gasteiger partial charge on any atom is -0.397 e. The standard InChI is InChI=1S/C32H25N7O2S/c1-18(40)25-12-13-26(42-25)31-30-24(14-15-35-31)38-32(39-30)28(34)29-22(33)10-11-23(37-29)20-8-5-9-21(17-20)36-27(41)16-19-6-3-2-4-7-19/h2-15,17,34H,16,33H2,1H3,(H,36,41)(H,38,39). The van der Waals surface area contributed by atoms with Crippen molar-refractivity contribution in [3.63, 3.8) is 0 Å². The number of H-pyrrole nitrogens is 1. The number of hydrogen-bond acceptors (Lipinski definition) is 8. The molecule has 10 heteroatoms. The predicted molar refractivity (Wildman–Crippen MR) is 166 cm³/mol. The second-order valence-electron chi connectivity index (χ2n) is 9.66. The van der Waals surface area contributed by atoms with Gasteiger partial charge in [-0.25, -0.2) is 9.97 Å². The van der Waals surface area contributed by atoms with Gasteiger partial charge in [-0.15, -0.1) is 11.3 Å². The number of imidazole rings is 1. The number of nitrogens with one attached hydrogen (secondary N) is 3. The summed E-state index contributed by atoms with van der Waals surface area (Å²) in [5.41, 5.74) is 11.7. The van der Waals surface area contributed by atoms with Gasteiger partial charge < -0.3 is 16.0 Å². The molecule has 6 aromatic rings. The number of rotatable bonds is 8. The Bertz CT molecular complexity index is 1980. The number of carbonyl (C=O) groups is 2. The summed E-state index contributed by atoms with van der Waals surface area (Å²) in [6, 6.07) is 25.8. The van der Waals surface area contributed by atoms with E-state index in [0.29, 0.717) is 44.5 Å². The molecule has 0 bridgehead atoms. The number of nitrogen functional groups attached to an aromatic ring is 1. The highest BCUT2D eigenvalue weighted by Gasteiger charge is 2.19. The Morgan fingerprint density at radius 3 is 2.60 bits per heavy atom. The van der Waals surface area contributed by atoms with E-state index in [1.807, 2.05) is 60.7 Å². The SMILES string of the molecule is CC(=O)c1ccc(-c2nccc3[nH]c(C(=N)c4nc(-c5cccc(NC(=O)Cc6ccccc6)c5)ccc4N)nc23)s1. The van der Waals surface area contributed by atoms with E-state index >= 15 is 0 Å². The molecule has 0 spiro atoms. The summed E-state index contributed by atoms with van der Waals surface area (Å²) in [5, 5.41) is 11.9. The van der Waals surface area contributed by atoms with Crippen LogP contribution >= 0.6 is 11.3 Å². The fourth-order valence-corrected chi connectivity index (χ4v) is 5.47. The Morgan fingerprint density at radius 2 is 1.81 bits per heavy atom. The number of nitrogens with zero attached hydrogens (tertiary/aromatic N) is 3. The first-order chi connectivity index (χ1) is 20.4. The molecule has 1 amide bonds. The van der Waals surface area contributed by atoms with Gasteiger partial charge in [0.1, 0.15) is 22.6 Å². The van der Waals surface area contributed by atoms with Crippen LogP contribution in [-0.2, 0) is 11.2 Å². The molecule has 0 fully saturated rings. The first kappa shape index (κ1) is 26.7. The highest BCUT2D eigenvalue weighted by Crippen LogP contribution is 2.32. The van der Waals surface area contributed by atoms with Gasteiger partial charge in [0.15, 0.2) is 11.6 Å². The quantitative estimate of drug-likeness (QED) is 0.127. The molecule has 0 aliphatic carbocycles. The van der Waals surface area contributed by atoms with Gasteiger partial charge in [-0.05, 0) is 55.0 Å². The summed E-state index contributed by atoms with van der Waals surface area (Å²) in [5.74, 6) is 0.162. The molecule has 206 valence electrons. The average molecular weight is 572 g/mol. The molecular weight excluding hydrogens is 546 g/mol. The zero-order valence-electron chi connectivity index (χ0n) is 22.5. The number of aromatic nitrogens is 4. The smallest absolute Gasteiger partial charge is 0.228 e. The summed E-state index contributed by atoms with van der Waals surface area (Å²) in [6.45, 7) is 1.53.